The van der Waals surface area contributed by atoms with Crippen molar-refractivity contribution in [3.63, 3.8) is 0 Å². The number of hydrogen-bond acceptors (Lipinski definition) is 8. The molecule has 13 heteroatoms. The first-order valence-electron chi connectivity index (χ1n) is 11.1. The Morgan fingerprint density at radius 2 is 1.89 bits per heavy atom. The summed E-state index contributed by atoms with van der Waals surface area (Å²) in [7, 11) is -3.55. The van der Waals surface area contributed by atoms with E-state index in [2.05, 4.69) is 15.3 Å². The van der Waals surface area contributed by atoms with Gasteiger partial charge >= 0.3 is 6.18 Å². The van der Waals surface area contributed by atoms with Gasteiger partial charge in [-0.1, -0.05) is 0 Å². The molecule has 3 atom stereocenters. The maximum atomic E-state index is 14.5. The maximum absolute atomic E-state index is 14.5. The number of rotatable bonds is 7. The van der Waals surface area contributed by atoms with Gasteiger partial charge in [-0.05, 0) is 25.1 Å². The molecule has 0 amide bonds. The van der Waals surface area contributed by atoms with E-state index in [0.717, 1.165) is 12.3 Å². The Bertz CT molecular complexity index is 1160. The van der Waals surface area contributed by atoms with Crippen LogP contribution in [0.3, 0.4) is 0 Å². The van der Waals surface area contributed by atoms with Gasteiger partial charge in [-0.3, -0.25) is 4.90 Å². The molecule has 0 aliphatic carbocycles. The van der Waals surface area contributed by atoms with Crippen LogP contribution in [0.25, 0.3) is 0 Å². The normalized spacial score (nSPS) is 23.2. The molecule has 0 radical (unpaired) electrons. The Balaban J connectivity index is 1.45. The monoisotopic (exact) mass is 518 g/mol. The highest BCUT2D eigenvalue weighted by atomic mass is 32.2. The molecule has 1 N–H and O–H groups in total. The number of nitrogens with zero attached hydrogens (tertiary/aromatic N) is 3. The molecule has 35 heavy (non-hydrogen) atoms. The van der Waals surface area contributed by atoms with Gasteiger partial charge in [-0.15, -0.1) is 0 Å². The Morgan fingerprint density at radius 1 is 1.20 bits per heavy atom. The fourth-order valence-corrected chi connectivity index (χ4v) is 5.08. The van der Waals surface area contributed by atoms with Gasteiger partial charge in [-0.2, -0.15) is 13.2 Å². The molecule has 192 valence electrons. The quantitative estimate of drug-likeness (QED) is 0.556. The van der Waals surface area contributed by atoms with Crippen molar-refractivity contribution in [2.45, 2.75) is 55.4 Å². The smallest absolute Gasteiger partial charge is 0.390 e. The zero-order valence-electron chi connectivity index (χ0n) is 19.2. The van der Waals surface area contributed by atoms with E-state index in [4.69, 9.17) is 9.47 Å². The number of nitrogens with one attached hydrogen (secondary N) is 1. The Kier molecular flexibility index (Phi) is 7.21. The van der Waals surface area contributed by atoms with Crippen LogP contribution >= 0.6 is 0 Å². The first-order chi connectivity index (χ1) is 16.4. The SMILES string of the molecule is Cc1c(Nc2ccc(S(C)(=O)=O)cc2F)ncnc1OC1CC2COC[C@@H](C1)N2CCC(F)(F)F. The van der Waals surface area contributed by atoms with E-state index in [-0.39, 0.29) is 47.0 Å². The lowest BCUT2D eigenvalue weighted by Gasteiger charge is -2.48. The number of morpholine rings is 1. The number of halogens is 4. The summed E-state index contributed by atoms with van der Waals surface area (Å²) in [6.45, 7) is 2.31. The van der Waals surface area contributed by atoms with Gasteiger partial charge in [0.05, 0.1) is 35.8 Å². The molecule has 1 aromatic heterocycles. The highest BCUT2D eigenvalue weighted by Gasteiger charge is 2.41. The van der Waals surface area contributed by atoms with Crippen molar-refractivity contribution in [1.29, 1.82) is 0 Å². The molecule has 2 bridgehead atoms. The zero-order valence-corrected chi connectivity index (χ0v) is 20.0. The van der Waals surface area contributed by atoms with Crippen LogP contribution in [0.15, 0.2) is 29.4 Å². The molecule has 0 saturated carbocycles. The van der Waals surface area contributed by atoms with E-state index in [9.17, 15) is 26.0 Å². The zero-order chi connectivity index (χ0) is 25.4. The van der Waals surface area contributed by atoms with Gasteiger partial charge in [0.2, 0.25) is 5.88 Å². The first-order valence-corrected chi connectivity index (χ1v) is 12.9. The van der Waals surface area contributed by atoms with Crippen LogP contribution in [0.4, 0.5) is 29.1 Å². The second-order valence-electron chi connectivity index (χ2n) is 8.85. The average molecular weight is 519 g/mol. The molecule has 2 unspecified atom stereocenters. The predicted molar refractivity (Wildman–Crippen MR) is 119 cm³/mol. The van der Waals surface area contributed by atoms with Crippen LogP contribution < -0.4 is 10.1 Å². The molecule has 1 aromatic carbocycles. The van der Waals surface area contributed by atoms with Gasteiger partial charge in [-0.25, -0.2) is 22.8 Å². The molecule has 2 aliphatic heterocycles. The van der Waals surface area contributed by atoms with Crippen LogP contribution in [0, 0.1) is 12.7 Å². The molecule has 3 heterocycles. The van der Waals surface area contributed by atoms with E-state index in [1.165, 1.54) is 18.5 Å². The minimum absolute atomic E-state index is 0.0369. The van der Waals surface area contributed by atoms with E-state index in [1.807, 2.05) is 4.90 Å². The van der Waals surface area contributed by atoms with Crippen LogP contribution in [-0.4, -0.2) is 73.7 Å². The fourth-order valence-electron chi connectivity index (χ4n) is 4.45. The van der Waals surface area contributed by atoms with Gasteiger partial charge in [0.15, 0.2) is 9.84 Å². The van der Waals surface area contributed by atoms with Crippen molar-refractivity contribution in [3.05, 3.63) is 35.9 Å². The topological polar surface area (TPSA) is 93.7 Å². The van der Waals surface area contributed by atoms with E-state index < -0.39 is 28.3 Å². The number of alkyl halides is 3. The molecule has 2 aromatic rings. The lowest BCUT2D eigenvalue weighted by atomic mass is 9.91. The highest BCUT2D eigenvalue weighted by molar-refractivity contribution is 7.90. The third kappa shape index (κ3) is 6.19. The maximum Gasteiger partial charge on any atom is 0.390 e. The number of ether oxygens (including phenoxy) is 2. The number of benzene rings is 1. The number of anilines is 2. The number of fused-ring (bicyclic) bond motifs is 2. The molecule has 2 saturated heterocycles. The summed E-state index contributed by atoms with van der Waals surface area (Å²) in [5.74, 6) is -0.192. The minimum Gasteiger partial charge on any atom is -0.474 e. The van der Waals surface area contributed by atoms with E-state index in [0.29, 0.717) is 31.6 Å². The molecule has 0 spiro atoms. The molecule has 8 nitrogen and oxygen atoms in total. The van der Waals surface area contributed by atoms with Crippen molar-refractivity contribution in [2.75, 3.05) is 31.3 Å². The first kappa shape index (κ1) is 25.6. The molecule has 2 aliphatic rings. The lowest BCUT2D eigenvalue weighted by Crippen LogP contribution is -2.59. The van der Waals surface area contributed by atoms with Crippen LogP contribution in [0.2, 0.25) is 0 Å². The van der Waals surface area contributed by atoms with Crippen LogP contribution in [0.1, 0.15) is 24.8 Å². The summed E-state index contributed by atoms with van der Waals surface area (Å²) >= 11 is 0. The van der Waals surface area contributed by atoms with Gasteiger partial charge in [0.25, 0.3) is 0 Å². The Morgan fingerprint density at radius 3 is 2.49 bits per heavy atom. The number of sulfone groups is 1. The minimum atomic E-state index is -4.21. The molecular weight excluding hydrogens is 492 g/mol. The van der Waals surface area contributed by atoms with Crippen molar-refractivity contribution in [3.8, 4) is 5.88 Å². The van der Waals surface area contributed by atoms with Gasteiger partial charge in [0, 0.05) is 37.7 Å². The summed E-state index contributed by atoms with van der Waals surface area (Å²) in [6.07, 6.45) is -2.13. The van der Waals surface area contributed by atoms with Crippen molar-refractivity contribution >= 4 is 21.3 Å². The average Bonchev–Trinajstić information content (AvgIpc) is 2.75. The summed E-state index contributed by atoms with van der Waals surface area (Å²) < 4.78 is 87.6. The van der Waals surface area contributed by atoms with Crippen LogP contribution in [-0.2, 0) is 14.6 Å². The van der Waals surface area contributed by atoms with Gasteiger partial charge in [0.1, 0.15) is 24.1 Å². The predicted octanol–water partition coefficient (Wildman–Crippen LogP) is 3.63. The van der Waals surface area contributed by atoms with Crippen molar-refractivity contribution in [1.82, 2.24) is 14.9 Å². The fraction of sp³-hybridized carbons (Fsp3) is 0.545. The van der Waals surface area contributed by atoms with E-state index in [1.54, 1.807) is 6.92 Å². The molecular formula is C22H26F4N4O4S. The lowest BCUT2D eigenvalue weighted by molar-refractivity contribution is -0.154. The van der Waals surface area contributed by atoms with Crippen molar-refractivity contribution in [2.24, 2.45) is 0 Å². The largest absolute Gasteiger partial charge is 0.474 e. The summed E-state index contributed by atoms with van der Waals surface area (Å²) in [5.41, 5.74) is 0.551. The number of aromatic nitrogens is 2. The van der Waals surface area contributed by atoms with Crippen LogP contribution in [0.5, 0.6) is 5.88 Å². The van der Waals surface area contributed by atoms with E-state index >= 15 is 0 Å². The second-order valence-corrected chi connectivity index (χ2v) is 10.9. The van der Waals surface area contributed by atoms with Crippen molar-refractivity contribution < 1.29 is 35.5 Å². The summed E-state index contributed by atoms with van der Waals surface area (Å²) in [5, 5.41) is 2.84. The standard InChI is InChI=1S/C22H26F4N4O4S/c1-13-20(29-19-4-3-17(9-18(19)23)35(2,31)32)27-12-28-21(13)34-16-7-14-10-33-11-15(8-16)30(14)6-5-22(24,25)26/h3-4,9,12,14-16H,5-8,10-11H2,1-2H3,(H,27,28,29)/t14-,15?,16?/m1/s1. The molecule has 4 rings (SSSR count). The Labute approximate surface area is 200 Å². The Hall–Kier alpha value is -2.51. The number of piperidine rings is 1. The third-order valence-corrected chi connectivity index (χ3v) is 7.33. The van der Waals surface area contributed by atoms with Gasteiger partial charge < -0.3 is 14.8 Å². The second kappa shape index (κ2) is 9.86. The third-order valence-electron chi connectivity index (χ3n) is 6.22. The summed E-state index contributed by atoms with van der Waals surface area (Å²) in [4.78, 5) is 10.0. The molecule has 2 fully saturated rings. The number of hydrogen-bond donors (Lipinski definition) is 1. The highest BCUT2D eigenvalue weighted by Crippen LogP contribution is 2.34. The summed E-state index contributed by atoms with van der Waals surface area (Å²) in [6, 6.07) is 3.17.